The Bertz CT molecular complexity index is 1340. The van der Waals surface area contributed by atoms with Crippen LogP contribution in [0.15, 0.2) is 48.7 Å². The highest BCUT2D eigenvalue weighted by atomic mass is 19.2. The summed E-state index contributed by atoms with van der Waals surface area (Å²) in [5.74, 6) is -1.76. The molecule has 1 aliphatic carbocycles. The van der Waals surface area contributed by atoms with Gasteiger partial charge >= 0.3 is 0 Å². The Hall–Kier alpha value is -3.52. The zero-order chi connectivity index (χ0) is 27.5. The third kappa shape index (κ3) is 6.06. The van der Waals surface area contributed by atoms with Gasteiger partial charge in [-0.05, 0) is 98.2 Å². The Morgan fingerprint density at radius 1 is 1.08 bits per heavy atom. The molecule has 5 rings (SSSR count). The summed E-state index contributed by atoms with van der Waals surface area (Å²) in [6.45, 7) is 2.52. The molecule has 2 amide bonds. The molecular formula is C31H36F2N4O2. The average Bonchev–Trinajstić information content (AvgIpc) is 3.38. The molecule has 2 aliphatic rings. The number of likely N-dealkylation sites (tertiary alicyclic amines) is 1. The van der Waals surface area contributed by atoms with E-state index in [-0.39, 0.29) is 29.3 Å². The van der Waals surface area contributed by atoms with Gasteiger partial charge in [0.05, 0.1) is 6.04 Å². The van der Waals surface area contributed by atoms with Crippen molar-refractivity contribution >= 4 is 28.8 Å². The van der Waals surface area contributed by atoms with Crippen molar-refractivity contribution in [1.82, 2.24) is 15.2 Å². The van der Waals surface area contributed by atoms with E-state index in [1.807, 2.05) is 6.07 Å². The number of carbonyl (C=O) groups excluding carboxylic acids is 2. The van der Waals surface area contributed by atoms with Crippen molar-refractivity contribution in [3.05, 3.63) is 77.0 Å². The maximum absolute atomic E-state index is 13.7. The van der Waals surface area contributed by atoms with E-state index in [0.717, 1.165) is 31.7 Å². The number of amides is 2. The summed E-state index contributed by atoms with van der Waals surface area (Å²) in [5, 5.41) is 4.86. The van der Waals surface area contributed by atoms with Crippen molar-refractivity contribution in [2.75, 3.05) is 13.1 Å². The van der Waals surface area contributed by atoms with Gasteiger partial charge in [0.1, 0.15) is 0 Å². The maximum atomic E-state index is 13.7. The summed E-state index contributed by atoms with van der Waals surface area (Å²) >= 11 is 0. The quantitative estimate of drug-likeness (QED) is 0.365. The number of halogens is 2. The molecule has 3 aromatic rings. The molecule has 39 heavy (non-hydrogen) atoms. The molecular weight excluding hydrogens is 498 g/mol. The first-order chi connectivity index (χ1) is 18.8. The highest BCUT2D eigenvalue weighted by molar-refractivity contribution is 5.92. The van der Waals surface area contributed by atoms with E-state index in [0.29, 0.717) is 37.4 Å². The van der Waals surface area contributed by atoms with Crippen LogP contribution >= 0.6 is 0 Å². The normalized spacial score (nSPS) is 21.5. The first kappa shape index (κ1) is 27.1. The fourth-order valence-electron chi connectivity index (χ4n) is 6.28. The number of carbonyl (C=O) groups is 2. The summed E-state index contributed by atoms with van der Waals surface area (Å²) in [5.41, 5.74) is 9.01. The second-order valence-corrected chi connectivity index (χ2v) is 11.0. The molecule has 0 spiro atoms. The molecule has 1 unspecified atom stereocenters. The number of fused-ring (bicyclic) bond motifs is 1. The highest BCUT2D eigenvalue weighted by Crippen LogP contribution is 2.37. The molecule has 1 aromatic heterocycles. The van der Waals surface area contributed by atoms with Crippen molar-refractivity contribution in [3.63, 3.8) is 0 Å². The first-order valence-electron chi connectivity index (χ1n) is 13.8. The zero-order valence-electron chi connectivity index (χ0n) is 22.3. The molecule has 0 bridgehead atoms. The Morgan fingerprint density at radius 3 is 2.49 bits per heavy atom. The number of nitrogens with two attached hydrogens (primary N) is 1. The van der Waals surface area contributed by atoms with Gasteiger partial charge in [-0.3, -0.25) is 9.59 Å². The molecule has 0 radical (unpaired) electrons. The van der Waals surface area contributed by atoms with Gasteiger partial charge in [0.25, 0.3) is 0 Å². The lowest BCUT2D eigenvalue weighted by atomic mass is 9.80. The van der Waals surface area contributed by atoms with E-state index in [9.17, 15) is 18.4 Å². The predicted molar refractivity (Wildman–Crippen MR) is 149 cm³/mol. The molecule has 6 nitrogen and oxygen atoms in total. The average molecular weight is 535 g/mol. The van der Waals surface area contributed by atoms with Crippen molar-refractivity contribution in [3.8, 4) is 0 Å². The number of benzene rings is 2. The van der Waals surface area contributed by atoms with Gasteiger partial charge < -0.3 is 20.9 Å². The smallest absolute Gasteiger partial charge is 0.246 e. The van der Waals surface area contributed by atoms with Crippen molar-refractivity contribution in [2.24, 2.45) is 11.7 Å². The number of nitrogens with one attached hydrogen (secondary N) is 2. The lowest BCUT2D eigenvalue weighted by Gasteiger charge is -2.38. The number of nitrogens with zero attached hydrogens (tertiary/aromatic N) is 1. The number of para-hydroxylation sites is 1. The van der Waals surface area contributed by atoms with Gasteiger partial charge in [-0.2, -0.15) is 0 Å². The van der Waals surface area contributed by atoms with Gasteiger partial charge in [0.2, 0.25) is 11.8 Å². The first-order valence-corrected chi connectivity index (χ1v) is 13.8. The van der Waals surface area contributed by atoms with Crippen LogP contribution in [-0.4, -0.2) is 46.9 Å². The largest absolute Gasteiger partial charge is 0.368 e. The number of hydrogen-bond donors (Lipinski definition) is 3. The van der Waals surface area contributed by atoms with E-state index in [4.69, 9.17) is 5.73 Å². The molecule has 1 aliphatic heterocycles. The van der Waals surface area contributed by atoms with Crippen LogP contribution in [0.1, 0.15) is 61.1 Å². The minimum absolute atomic E-state index is 0.0655. The van der Waals surface area contributed by atoms with E-state index >= 15 is 0 Å². The second-order valence-electron chi connectivity index (χ2n) is 11.0. The van der Waals surface area contributed by atoms with Crippen LogP contribution in [0.25, 0.3) is 17.0 Å². The molecule has 2 aromatic carbocycles. The second kappa shape index (κ2) is 11.7. The SMILES string of the molecule is Cc1cc(/C=C/C(=O)N2CCC(C(N[C@H]3CC[C@@H](c4c[nH]c5ccccc54)CC3)C(N)=O)CC2)cc(F)c1F. The molecule has 8 heteroatoms. The monoisotopic (exact) mass is 534 g/mol. The summed E-state index contributed by atoms with van der Waals surface area (Å²) in [6.07, 6.45) is 10.5. The lowest BCUT2D eigenvalue weighted by molar-refractivity contribution is -0.128. The standard InChI is InChI=1S/C31H36F2N4O2/c1-19-16-20(17-26(32)29(19)33)6-11-28(38)37-14-12-22(13-15-37)30(31(34)39)36-23-9-7-21(8-10-23)25-18-35-27-5-3-2-4-24(25)27/h2-6,11,16-18,21-23,30,35-36H,7-10,12-15H2,1H3,(H2,34,39)/b11-6+/t21-,23+,30?. The third-order valence-corrected chi connectivity index (χ3v) is 8.48. The molecule has 206 valence electrons. The van der Waals surface area contributed by atoms with Gasteiger partial charge in [0, 0.05) is 42.3 Å². The van der Waals surface area contributed by atoms with E-state index in [1.54, 1.807) is 4.90 Å². The van der Waals surface area contributed by atoms with E-state index in [1.165, 1.54) is 41.6 Å². The zero-order valence-corrected chi connectivity index (χ0v) is 22.3. The van der Waals surface area contributed by atoms with Crippen molar-refractivity contribution in [2.45, 2.75) is 63.5 Å². The number of rotatable bonds is 7. The summed E-state index contributed by atoms with van der Waals surface area (Å²) in [6, 6.07) is 10.8. The summed E-state index contributed by atoms with van der Waals surface area (Å²) < 4.78 is 27.2. The van der Waals surface area contributed by atoms with Crippen LogP contribution in [0, 0.1) is 24.5 Å². The number of aromatic nitrogens is 1. The summed E-state index contributed by atoms with van der Waals surface area (Å²) in [4.78, 5) is 30.2. The summed E-state index contributed by atoms with van der Waals surface area (Å²) in [7, 11) is 0. The molecule has 2 heterocycles. The number of H-pyrrole nitrogens is 1. The van der Waals surface area contributed by atoms with Gasteiger partial charge in [-0.25, -0.2) is 8.78 Å². The number of aromatic amines is 1. The minimum atomic E-state index is -0.931. The Balaban J connectivity index is 1.13. The van der Waals surface area contributed by atoms with Gasteiger partial charge in [-0.15, -0.1) is 0 Å². The number of primary amides is 1. The third-order valence-electron chi connectivity index (χ3n) is 8.48. The fraction of sp³-hybridized carbons (Fsp3) is 0.419. The Morgan fingerprint density at radius 2 is 1.79 bits per heavy atom. The Labute approximate surface area is 227 Å². The van der Waals surface area contributed by atoms with E-state index in [2.05, 4.69) is 34.7 Å². The van der Waals surface area contributed by atoms with Crippen LogP contribution < -0.4 is 11.1 Å². The van der Waals surface area contributed by atoms with Crippen LogP contribution in [0.4, 0.5) is 8.78 Å². The number of piperidine rings is 1. The van der Waals surface area contributed by atoms with Crippen LogP contribution in [0.3, 0.4) is 0 Å². The molecule has 4 N–H and O–H groups in total. The molecule has 1 saturated heterocycles. The number of hydrogen-bond acceptors (Lipinski definition) is 3. The van der Waals surface area contributed by atoms with Crippen LogP contribution in [0.2, 0.25) is 0 Å². The predicted octanol–water partition coefficient (Wildman–Crippen LogP) is 5.18. The van der Waals surface area contributed by atoms with Crippen LogP contribution in [0.5, 0.6) is 0 Å². The Kier molecular flexibility index (Phi) is 8.12. The lowest BCUT2D eigenvalue weighted by Crippen LogP contribution is -2.54. The fourth-order valence-corrected chi connectivity index (χ4v) is 6.28. The van der Waals surface area contributed by atoms with Crippen molar-refractivity contribution < 1.29 is 18.4 Å². The molecule has 1 saturated carbocycles. The topological polar surface area (TPSA) is 91.2 Å². The van der Waals surface area contributed by atoms with E-state index < -0.39 is 17.7 Å². The van der Waals surface area contributed by atoms with Gasteiger partial charge in [-0.1, -0.05) is 18.2 Å². The minimum Gasteiger partial charge on any atom is -0.368 e. The molecule has 2 fully saturated rings. The highest BCUT2D eigenvalue weighted by Gasteiger charge is 2.34. The maximum Gasteiger partial charge on any atom is 0.246 e. The number of aryl methyl sites for hydroxylation is 1. The van der Waals surface area contributed by atoms with Crippen LogP contribution in [-0.2, 0) is 9.59 Å². The molecule has 1 atom stereocenters. The van der Waals surface area contributed by atoms with Gasteiger partial charge in [0.15, 0.2) is 11.6 Å². The van der Waals surface area contributed by atoms with Crippen molar-refractivity contribution in [1.29, 1.82) is 0 Å².